The quantitative estimate of drug-likeness (QED) is 0.529. The third-order valence-electron chi connectivity index (χ3n) is 2.74. The van der Waals surface area contributed by atoms with Gasteiger partial charge in [-0.15, -0.1) is 0 Å². The Hall–Kier alpha value is -0.0400. The van der Waals surface area contributed by atoms with Crippen LogP contribution in [-0.4, -0.2) is 13.1 Å². The summed E-state index contributed by atoms with van der Waals surface area (Å²) >= 11 is 0. The highest BCUT2D eigenvalue weighted by Gasteiger charge is 2.50. The zero-order valence-electron chi connectivity index (χ0n) is 5.35. The van der Waals surface area contributed by atoms with Crippen LogP contribution in [0.4, 0.5) is 0 Å². The Labute approximate surface area is 50.5 Å². The van der Waals surface area contributed by atoms with Crippen LogP contribution in [0.2, 0.25) is 0 Å². The maximum absolute atomic E-state index is 3.39. The first-order valence-electron chi connectivity index (χ1n) is 3.64. The Morgan fingerprint density at radius 2 is 2.00 bits per heavy atom. The van der Waals surface area contributed by atoms with Crippen LogP contribution in [0.15, 0.2) is 0 Å². The molecule has 0 amide bonds. The minimum atomic E-state index is 1.08. The molecule has 0 spiro atoms. The summed E-state index contributed by atoms with van der Waals surface area (Å²) < 4.78 is 0. The van der Waals surface area contributed by atoms with Crippen molar-refractivity contribution in [2.75, 3.05) is 13.1 Å². The van der Waals surface area contributed by atoms with Crippen LogP contribution >= 0.6 is 0 Å². The van der Waals surface area contributed by atoms with Gasteiger partial charge in [0.15, 0.2) is 0 Å². The second kappa shape index (κ2) is 1.47. The fraction of sp³-hybridized carbons (Fsp3) is 1.00. The third kappa shape index (κ3) is 0.455. The van der Waals surface area contributed by atoms with Gasteiger partial charge < -0.3 is 5.32 Å². The van der Waals surface area contributed by atoms with Crippen molar-refractivity contribution in [3.05, 3.63) is 0 Å². The molecule has 2 aliphatic rings. The largest absolute Gasteiger partial charge is 0.316 e. The molecule has 1 heterocycles. The zero-order chi connectivity index (χ0) is 5.56. The number of nitrogens with one attached hydrogen (secondary N) is 1. The summed E-state index contributed by atoms with van der Waals surface area (Å²) in [5.41, 5.74) is 0. The summed E-state index contributed by atoms with van der Waals surface area (Å²) in [6, 6.07) is 0. The van der Waals surface area contributed by atoms with Crippen molar-refractivity contribution < 1.29 is 0 Å². The van der Waals surface area contributed by atoms with E-state index in [0.29, 0.717) is 0 Å². The molecule has 1 nitrogen and oxygen atoms in total. The van der Waals surface area contributed by atoms with Gasteiger partial charge in [-0.2, -0.15) is 0 Å². The van der Waals surface area contributed by atoms with Crippen molar-refractivity contribution in [1.29, 1.82) is 0 Å². The van der Waals surface area contributed by atoms with Crippen molar-refractivity contribution in [2.45, 2.75) is 13.3 Å². The van der Waals surface area contributed by atoms with Crippen LogP contribution in [0.25, 0.3) is 0 Å². The van der Waals surface area contributed by atoms with Gasteiger partial charge in [-0.1, -0.05) is 13.3 Å². The predicted octanol–water partition coefficient (Wildman–Crippen LogP) is 0.862. The van der Waals surface area contributed by atoms with E-state index in [1.54, 1.807) is 0 Å². The van der Waals surface area contributed by atoms with Crippen LogP contribution in [0.5, 0.6) is 0 Å². The minimum absolute atomic E-state index is 1.08. The average molecular weight is 111 g/mol. The van der Waals surface area contributed by atoms with Gasteiger partial charge in [0.25, 0.3) is 0 Å². The summed E-state index contributed by atoms with van der Waals surface area (Å²) in [7, 11) is 0. The second-order valence-corrected chi connectivity index (χ2v) is 3.06. The number of hydrogen-bond donors (Lipinski definition) is 1. The fourth-order valence-electron chi connectivity index (χ4n) is 2.15. The molecular weight excluding hydrogens is 98.1 g/mol. The van der Waals surface area contributed by atoms with Crippen LogP contribution < -0.4 is 5.32 Å². The first-order chi connectivity index (χ1) is 3.93. The van der Waals surface area contributed by atoms with E-state index in [1.807, 2.05) is 0 Å². The molecule has 0 aromatic carbocycles. The lowest BCUT2D eigenvalue weighted by Crippen LogP contribution is -2.14. The van der Waals surface area contributed by atoms with E-state index >= 15 is 0 Å². The summed E-state index contributed by atoms with van der Waals surface area (Å²) in [4.78, 5) is 0. The molecule has 2 fully saturated rings. The number of fused-ring (bicyclic) bond motifs is 1. The number of piperidine rings is 1. The highest BCUT2D eigenvalue weighted by molar-refractivity contribution is 5.02. The monoisotopic (exact) mass is 111 g/mol. The molecule has 0 radical (unpaired) electrons. The standard InChI is InChI=1S/C7H13N/c1-2-5-6-3-8-4-7(5)6/h5-8H,2-4H2,1H3. The molecule has 1 saturated heterocycles. The van der Waals surface area contributed by atoms with Gasteiger partial charge in [0.1, 0.15) is 0 Å². The van der Waals surface area contributed by atoms with Crippen LogP contribution in [-0.2, 0) is 0 Å². The highest BCUT2D eigenvalue weighted by Crippen LogP contribution is 2.50. The van der Waals surface area contributed by atoms with E-state index in [-0.39, 0.29) is 0 Å². The lowest BCUT2D eigenvalue weighted by atomic mass is 10.2. The summed E-state index contributed by atoms with van der Waals surface area (Å²) in [5.74, 6) is 3.27. The van der Waals surface area contributed by atoms with E-state index in [2.05, 4.69) is 12.2 Å². The lowest BCUT2D eigenvalue weighted by Gasteiger charge is -1.97. The Morgan fingerprint density at radius 3 is 2.38 bits per heavy atom. The summed E-state index contributed by atoms with van der Waals surface area (Å²) in [6.45, 7) is 4.93. The molecule has 8 heavy (non-hydrogen) atoms. The van der Waals surface area contributed by atoms with Gasteiger partial charge >= 0.3 is 0 Å². The molecule has 1 saturated carbocycles. The maximum atomic E-state index is 3.39. The Bertz CT molecular complexity index is 83.8. The zero-order valence-corrected chi connectivity index (χ0v) is 5.35. The van der Waals surface area contributed by atoms with Crippen molar-refractivity contribution in [3.63, 3.8) is 0 Å². The summed E-state index contributed by atoms with van der Waals surface area (Å²) in [6.07, 6.45) is 1.41. The highest BCUT2D eigenvalue weighted by atomic mass is 15.0. The normalized spacial score (nSPS) is 51.4. The first-order valence-corrected chi connectivity index (χ1v) is 3.64. The van der Waals surface area contributed by atoms with Gasteiger partial charge in [-0.25, -0.2) is 0 Å². The molecule has 2 atom stereocenters. The van der Waals surface area contributed by atoms with Crippen molar-refractivity contribution >= 4 is 0 Å². The van der Waals surface area contributed by atoms with E-state index in [9.17, 15) is 0 Å². The molecule has 2 rings (SSSR count). The maximum Gasteiger partial charge on any atom is -0.00144 e. The Balaban J connectivity index is 1.94. The average Bonchev–Trinajstić information content (AvgIpc) is 2.22. The molecule has 0 aromatic heterocycles. The molecule has 0 aromatic rings. The topological polar surface area (TPSA) is 12.0 Å². The number of rotatable bonds is 1. The van der Waals surface area contributed by atoms with Crippen molar-refractivity contribution in [3.8, 4) is 0 Å². The molecular formula is C7H13N. The fourth-order valence-corrected chi connectivity index (χ4v) is 2.15. The molecule has 0 bridgehead atoms. The predicted molar refractivity (Wildman–Crippen MR) is 33.6 cm³/mol. The van der Waals surface area contributed by atoms with Gasteiger partial charge in [-0.3, -0.25) is 0 Å². The van der Waals surface area contributed by atoms with Crippen molar-refractivity contribution in [2.24, 2.45) is 17.8 Å². The minimum Gasteiger partial charge on any atom is -0.316 e. The Kier molecular flexibility index (Phi) is 0.884. The van der Waals surface area contributed by atoms with Gasteiger partial charge in [0.2, 0.25) is 0 Å². The molecule has 1 N–H and O–H groups in total. The van der Waals surface area contributed by atoms with Crippen LogP contribution in [0.3, 0.4) is 0 Å². The molecule has 1 aliphatic carbocycles. The smallest absolute Gasteiger partial charge is 0.00144 e. The molecule has 46 valence electrons. The van der Waals surface area contributed by atoms with Crippen LogP contribution in [0, 0.1) is 17.8 Å². The van der Waals surface area contributed by atoms with E-state index in [1.165, 1.54) is 19.5 Å². The molecule has 1 heteroatoms. The van der Waals surface area contributed by atoms with Crippen LogP contribution in [0.1, 0.15) is 13.3 Å². The summed E-state index contributed by atoms with van der Waals surface area (Å²) in [5, 5.41) is 3.39. The van der Waals surface area contributed by atoms with Gasteiger partial charge in [0, 0.05) is 0 Å². The van der Waals surface area contributed by atoms with Gasteiger partial charge in [-0.05, 0) is 30.8 Å². The van der Waals surface area contributed by atoms with E-state index in [0.717, 1.165) is 17.8 Å². The lowest BCUT2D eigenvalue weighted by molar-refractivity contribution is 0.582. The second-order valence-electron chi connectivity index (χ2n) is 3.06. The van der Waals surface area contributed by atoms with E-state index < -0.39 is 0 Å². The van der Waals surface area contributed by atoms with E-state index in [4.69, 9.17) is 0 Å². The first kappa shape index (κ1) is 4.80. The SMILES string of the molecule is CCC1C2CNCC12. The third-order valence-corrected chi connectivity index (χ3v) is 2.74. The van der Waals surface area contributed by atoms with Crippen molar-refractivity contribution in [1.82, 2.24) is 5.32 Å². The number of hydrogen-bond acceptors (Lipinski definition) is 1. The van der Waals surface area contributed by atoms with Gasteiger partial charge in [0.05, 0.1) is 0 Å². The molecule has 2 unspecified atom stereocenters. The Morgan fingerprint density at radius 1 is 1.38 bits per heavy atom. The molecule has 1 aliphatic heterocycles.